The van der Waals surface area contributed by atoms with Crippen LogP contribution in [0.15, 0.2) is 0 Å². The molecule has 0 aromatic carbocycles. The maximum absolute atomic E-state index is 11.2. The van der Waals surface area contributed by atoms with E-state index in [0.29, 0.717) is 6.42 Å². The third kappa shape index (κ3) is 6.82. The fraction of sp³-hybridized carbons (Fsp3) is 0.938. The number of carbonyl (C=O) groups is 1. The van der Waals surface area contributed by atoms with E-state index in [1.807, 2.05) is 13.8 Å². The van der Waals surface area contributed by atoms with Crippen molar-refractivity contribution in [1.29, 1.82) is 0 Å². The smallest absolute Gasteiger partial charge is 0.283 e. The van der Waals surface area contributed by atoms with Gasteiger partial charge in [0.05, 0.1) is 6.10 Å². The van der Waals surface area contributed by atoms with Gasteiger partial charge in [0.1, 0.15) is 13.2 Å². The molecule has 1 aliphatic heterocycles. The Morgan fingerprint density at radius 1 is 1.05 bits per heavy atom. The molecule has 1 rings (SSSR count). The van der Waals surface area contributed by atoms with Gasteiger partial charge in [0, 0.05) is 6.42 Å². The van der Waals surface area contributed by atoms with Crippen LogP contribution in [0.25, 0.3) is 0 Å². The topological polar surface area (TPSA) is 44.8 Å². The molecule has 0 spiro atoms. The number of carbonyl (C=O) groups excluding carboxylic acids is 1. The molecule has 0 aromatic rings. The zero-order valence-electron chi connectivity index (χ0n) is 13.3. The van der Waals surface area contributed by atoms with E-state index >= 15 is 0 Å². The summed E-state index contributed by atoms with van der Waals surface area (Å²) in [5.74, 6) is -1.02. The second-order valence-corrected chi connectivity index (χ2v) is 5.84. The Hall–Kier alpha value is -0.450. The summed E-state index contributed by atoms with van der Waals surface area (Å²) in [7, 11) is 0. The first-order chi connectivity index (χ1) is 9.58. The lowest BCUT2D eigenvalue weighted by Gasteiger charge is -2.37. The SMILES string of the molecule is CCCCCCCCCC1(OC(C)C)OCC(=O)CO1. The summed E-state index contributed by atoms with van der Waals surface area (Å²) < 4.78 is 16.9. The first-order valence-electron chi connectivity index (χ1n) is 8.05. The van der Waals surface area contributed by atoms with Gasteiger partial charge in [-0.3, -0.25) is 4.79 Å². The predicted molar refractivity (Wildman–Crippen MR) is 78.5 cm³/mol. The van der Waals surface area contributed by atoms with Crippen molar-refractivity contribution in [2.24, 2.45) is 0 Å². The Labute approximate surface area is 123 Å². The number of ether oxygens (including phenoxy) is 3. The highest BCUT2D eigenvalue weighted by atomic mass is 16.9. The highest BCUT2D eigenvalue weighted by molar-refractivity contribution is 5.81. The van der Waals surface area contributed by atoms with Crippen LogP contribution in [0.5, 0.6) is 0 Å². The number of ketones is 1. The number of unbranched alkanes of at least 4 members (excludes halogenated alkanes) is 6. The Morgan fingerprint density at radius 2 is 1.60 bits per heavy atom. The number of hydrogen-bond acceptors (Lipinski definition) is 4. The van der Waals surface area contributed by atoms with Crippen LogP contribution in [0.3, 0.4) is 0 Å². The monoisotopic (exact) mass is 286 g/mol. The van der Waals surface area contributed by atoms with Crippen molar-refractivity contribution in [3.05, 3.63) is 0 Å². The lowest BCUT2D eigenvalue weighted by Crippen LogP contribution is -2.48. The van der Waals surface area contributed by atoms with Crippen molar-refractivity contribution in [1.82, 2.24) is 0 Å². The molecule has 4 heteroatoms. The van der Waals surface area contributed by atoms with Crippen LogP contribution in [0.4, 0.5) is 0 Å². The summed E-state index contributed by atoms with van der Waals surface area (Å²) in [6.07, 6.45) is 9.37. The van der Waals surface area contributed by atoms with E-state index < -0.39 is 5.97 Å². The molecule has 1 heterocycles. The van der Waals surface area contributed by atoms with Crippen LogP contribution in [0.2, 0.25) is 0 Å². The third-order valence-corrected chi connectivity index (χ3v) is 3.41. The van der Waals surface area contributed by atoms with E-state index in [9.17, 15) is 4.79 Å². The predicted octanol–water partition coefficient (Wildman–Crippen LogP) is 3.82. The van der Waals surface area contributed by atoms with Crippen molar-refractivity contribution in [2.75, 3.05) is 13.2 Å². The van der Waals surface area contributed by atoms with Gasteiger partial charge >= 0.3 is 0 Å². The van der Waals surface area contributed by atoms with E-state index in [4.69, 9.17) is 14.2 Å². The van der Waals surface area contributed by atoms with E-state index in [1.54, 1.807) is 0 Å². The zero-order chi connectivity index (χ0) is 14.8. The van der Waals surface area contributed by atoms with Gasteiger partial charge < -0.3 is 14.2 Å². The highest BCUT2D eigenvalue weighted by Crippen LogP contribution is 2.27. The van der Waals surface area contributed by atoms with E-state index in [0.717, 1.165) is 12.8 Å². The average molecular weight is 286 g/mol. The lowest BCUT2D eigenvalue weighted by molar-refractivity contribution is -0.398. The van der Waals surface area contributed by atoms with Crippen LogP contribution in [0.1, 0.15) is 72.1 Å². The molecule has 0 amide bonds. The summed E-state index contributed by atoms with van der Waals surface area (Å²) >= 11 is 0. The molecule has 1 saturated heterocycles. The molecule has 0 unspecified atom stereocenters. The van der Waals surface area contributed by atoms with Crippen LogP contribution >= 0.6 is 0 Å². The fourth-order valence-corrected chi connectivity index (χ4v) is 2.39. The molecule has 0 atom stereocenters. The van der Waals surface area contributed by atoms with E-state index in [-0.39, 0.29) is 25.1 Å². The van der Waals surface area contributed by atoms with Gasteiger partial charge in [-0.2, -0.15) is 0 Å². The quantitative estimate of drug-likeness (QED) is 0.573. The Morgan fingerprint density at radius 3 is 2.15 bits per heavy atom. The maximum Gasteiger partial charge on any atom is 0.283 e. The summed E-state index contributed by atoms with van der Waals surface area (Å²) in [5.41, 5.74) is 0. The van der Waals surface area contributed by atoms with Crippen molar-refractivity contribution in [3.8, 4) is 0 Å². The van der Waals surface area contributed by atoms with Crippen LogP contribution in [0, 0.1) is 0 Å². The molecule has 1 aliphatic rings. The molecule has 20 heavy (non-hydrogen) atoms. The molecule has 0 saturated carbocycles. The van der Waals surface area contributed by atoms with Crippen molar-refractivity contribution in [3.63, 3.8) is 0 Å². The lowest BCUT2D eigenvalue weighted by atomic mass is 10.1. The van der Waals surface area contributed by atoms with Gasteiger partial charge in [-0.1, -0.05) is 45.4 Å². The first kappa shape index (κ1) is 17.6. The summed E-state index contributed by atoms with van der Waals surface area (Å²) in [5, 5.41) is 0. The van der Waals surface area contributed by atoms with Gasteiger partial charge in [0.2, 0.25) is 0 Å². The average Bonchev–Trinajstić information content (AvgIpc) is 2.41. The molecule has 0 aliphatic carbocycles. The molecule has 0 bridgehead atoms. The molecular formula is C16H30O4. The van der Waals surface area contributed by atoms with Gasteiger partial charge in [-0.05, 0) is 20.3 Å². The largest absolute Gasteiger partial charge is 0.325 e. The van der Waals surface area contributed by atoms with E-state index in [2.05, 4.69) is 6.92 Å². The highest BCUT2D eigenvalue weighted by Gasteiger charge is 2.38. The van der Waals surface area contributed by atoms with Crippen LogP contribution in [-0.2, 0) is 19.0 Å². The minimum Gasteiger partial charge on any atom is -0.325 e. The molecule has 118 valence electrons. The van der Waals surface area contributed by atoms with Gasteiger partial charge in [-0.15, -0.1) is 0 Å². The zero-order valence-corrected chi connectivity index (χ0v) is 13.3. The minimum absolute atomic E-state index is 0.0208. The van der Waals surface area contributed by atoms with Crippen LogP contribution < -0.4 is 0 Å². The van der Waals surface area contributed by atoms with Crippen molar-refractivity contribution in [2.45, 2.75) is 84.2 Å². The molecule has 4 nitrogen and oxygen atoms in total. The van der Waals surface area contributed by atoms with Gasteiger partial charge in [-0.25, -0.2) is 0 Å². The second-order valence-electron chi connectivity index (χ2n) is 5.84. The Kier molecular flexibility index (Phi) is 8.34. The molecular weight excluding hydrogens is 256 g/mol. The molecule has 1 fully saturated rings. The molecule has 0 N–H and O–H groups in total. The second kappa shape index (κ2) is 9.48. The summed E-state index contributed by atoms with van der Waals surface area (Å²) in [6, 6.07) is 0. The third-order valence-electron chi connectivity index (χ3n) is 3.41. The van der Waals surface area contributed by atoms with Crippen molar-refractivity contribution >= 4 is 5.78 Å². The fourth-order valence-electron chi connectivity index (χ4n) is 2.39. The molecule has 0 radical (unpaired) electrons. The Balaban J connectivity index is 2.25. The number of hydrogen-bond donors (Lipinski definition) is 0. The van der Waals surface area contributed by atoms with Gasteiger partial charge in [0.25, 0.3) is 5.97 Å². The first-order valence-corrected chi connectivity index (χ1v) is 8.05. The molecule has 0 aromatic heterocycles. The minimum atomic E-state index is -0.995. The Bertz CT molecular complexity index is 266. The maximum atomic E-state index is 11.2. The normalized spacial score (nSPS) is 18.7. The standard InChI is InChI=1S/C16H30O4/c1-4-5-6-7-8-9-10-11-16(20-14(2)3)18-12-15(17)13-19-16/h14H,4-13H2,1-3H3. The van der Waals surface area contributed by atoms with Crippen LogP contribution in [-0.4, -0.2) is 31.1 Å². The summed E-state index contributed by atoms with van der Waals surface area (Å²) in [6.45, 7) is 6.34. The van der Waals surface area contributed by atoms with E-state index in [1.165, 1.54) is 32.1 Å². The number of Topliss-reactive ketones (excluding diaryl/α,β-unsaturated/α-hetero) is 1. The van der Waals surface area contributed by atoms with Crippen molar-refractivity contribution < 1.29 is 19.0 Å². The summed E-state index contributed by atoms with van der Waals surface area (Å²) in [4.78, 5) is 11.2. The number of rotatable bonds is 10. The van der Waals surface area contributed by atoms with Gasteiger partial charge in [0.15, 0.2) is 5.78 Å².